The lowest BCUT2D eigenvalue weighted by Crippen LogP contribution is -2.04. The number of carbonyl (C=O) groups is 1. The van der Waals surface area contributed by atoms with E-state index in [1.165, 1.54) is 5.56 Å². The molecular weight excluding hydrogens is 284 g/mol. The smallest absolute Gasteiger partial charge is 0.163 e. The van der Waals surface area contributed by atoms with Crippen LogP contribution in [0.4, 0.5) is 0 Å². The normalized spacial score (nSPS) is 20.9. The molecule has 0 radical (unpaired) electrons. The van der Waals surface area contributed by atoms with E-state index in [0.29, 0.717) is 11.7 Å². The molecule has 0 amide bonds. The molecule has 2 atom stereocenters. The average molecular weight is 304 g/mol. The summed E-state index contributed by atoms with van der Waals surface area (Å²) in [5.41, 5.74) is 2.14. The first-order chi connectivity index (χ1) is 9.67. The van der Waals surface area contributed by atoms with Crippen LogP contribution < -0.4 is 0 Å². The average Bonchev–Trinajstić information content (AvgIpc) is 3.26. The first-order valence-corrected chi connectivity index (χ1v) is 9.18. The van der Waals surface area contributed by atoms with Gasteiger partial charge >= 0.3 is 0 Å². The number of Topliss-reactive ketones (excluding diaryl/α,β-unsaturated/α-hetero) is 1. The molecule has 0 N–H and O–H groups in total. The van der Waals surface area contributed by atoms with Gasteiger partial charge < -0.3 is 0 Å². The number of ketones is 1. The molecule has 0 heterocycles. The number of rotatable bonds is 6. The third kappa shape index (κ3) is 3.80. The van der Waals surface area contributed by atoms with Gasteiger partial charge in [0.1, 0.15) is 0 Å². The molecule has 1 saturated carbocycles. The number of carbonyl (C=O) groups excluding carboxylic acids is 1. The third-order valence-corrected chi connectivity index (χ3v) is 5.91. The van der Waals surface area contributed by atoms with Gasteiger partial charge in [-0.15, -0.1) is 23.5 Å². The van der Waals surface area contributed by atoms with Gasteiger partial charge in [-0.1, -0.05) is 42.5 Å². The van der Waals surface area contributed by atoms with Crippen molar-refractivity contribution in [3.05, 3.63) is 51.8 Å². The van der Waals surface area contributed by atoms with Crippen molar-refractivity contribution >= 4 is 35.4 Å². The molecule has 2 unspecified atom stereocenters. The predicted molar refractivity (Wildman–Crippen MR) is 91.8 cm³/mol. The fraction of sp³-hybridized carbons (Fsp3) is 0.353. The minimum Gasteiger partial charge on any atom is -0.294 e. The molecule has 2 rings (SSSR count). The van der Waals surface area contributed by atoms with Gasteiger partial charge in [-0.25, -0.2) is 0 Å². The van der Waals surface area contributed by atoms with Gasteiger partial charge in [0.25, 0.3) is 0 Å². The zero-order valence-corrected chi connectivity index (χ0v) is 13.8. The van der Waals surface area contributed by atoms with Gasteiger partial charge in [-0.2, -0.15) is 0 Å². The van der Waals surface area contributed by atoms with E-state index >= 15 is 0 Å². The maximum Gasteiger partial charge on any atom is 0.163 e. The van der Waals surface area contributed by atoms with Gasteiger partial charge in [0.2, 0.25) is 0 Å². The Morgan fingerprint density at radius 1 is 1.20 bits per heavy atom. The Kier molecular flexibility index (Phi) is 5.55. The second kappa shape index (κ2) is 7.19. The summed E-state index contributed by atoms with van der Waals surface area (Å²) >= 11 is 3.33. The lowest BCUT2D eigenvalue weighted by atomic mass is 10.1. The second-order valence-electron chi connectivity index (χ2n) is 4.96. The lowest BCUT2D eigenvalue weighted by molar-refractivity contribution is -0.116. The minimum absolute atomic E-state index is 0.198. The van der Waals surface area contributed by atoms with Crippen LogP contribution in [0.3, 0.4) is 0 Å². The van der Waals surface area contributed by atoms with Crippen molar-refractivity contribution in [1.29, 1.82) is 0 Å². The Bertz CT molecular complexity index is 525. The molecule has 0 spiro atoms. The monoisotopic (exact) mass is 304 g/mol. The minimum atomic E-state index is 0.198. The summed E-state index contributed by atoms with van der Waals surface area (Å²) in [6.45, 7) is 1.96. The topological polar surface area (TPSA) is 17.1 Å². The van der Waals surface area contributed by atoms with Crippen molar-refractivity contribution in [2.75, 3.05) is 12.5 Å². The van der Waals surface area contributed by atoms with E-state index in [1.54, 1.807) is 23.5 Å². The molecule has 0 aromatic heterocycles. The first kappa shape index (κ1) is 15.5. The molecule has 1 aliphatic carbocycles. The predicted octanol–water partition coefficient (Wildman–Crippen LogP) is 4.86. The molecule has 3 heteroatoms. The van der Waals surface area contributed by atoms with Gasteiger partial charge in [0.15, 0.2) is 5.78 Å². The molecule has 0 bridgehead atoms. The number of hydrogen-bond acceptors (Lipinski definition) is 3. The van der Waals surface area contributed by atoms with E-state index in [1.807, 2.05) is 37.6 Å². The van der Waals surface area contributed by atoms with Crippen LogP contribution in [0.1, 0.15) is 18.9 Å². The molecule has 106 valence electrons. The zero-order valence-electron chi connectivity index (χ0n) is 12.1. The standard InChI is InChI=1S/C17H20OS2/c1-12(17(19-2)20-3)16(18)15-11-14(15)10-9-13-7-5-4-6-8-13/h4-10,14-15H,11H2,1-3H3/b10-9+. The Hall–Kier alpha value is -0.930. The van der Waals surface area contributed by atoms with Crippen molar-refractivity contribution in [3.63, 3.8) is 0 Å². The summed E-state index contributed by atoms with van der Waals surface area (Å²) < 4.78 is 1.15. The number of benzene rings is 1. The van der Waals surface area contributed by atoms with Crippen LogP contribution in [0.5, 0.6) is 0 Å². The zero-order chi connectivity index (χ0) is 14.5. The van der Waals surface area contributed by atoms with E-state index in [0.717, 1.165) is 16.2 Å². The van der Waals surface area contributed by atoms with Crippen LogP contribution in [-0.4, -0.2) is 18.3 Å². The van der Waals surface area contributed by atoms with Crippen LogP contribution >= 0.6 is 23.5 Å². The van der Waals surface area contributed by atoms with Crippen molar-refractivity contribution in [2.45, 2.75) is 13.3 Å². The van der Waals surface area contributed by atoms with Gasteiger partial charge in [0.05, 0.1) is 0 Å². The largest absolute Gasteiger partial charge is 0.294 e. The van der Waals surface area contributed by atoms with Gasteiger partial charge in [-0.05, 0) is 37.3 Å². The Morgan fingerprint density at radius 3 is 2.45 bits per heavy atom. The molecule has 1 aromatic rings. The molecule has 20 heavy (non-hydrogen) atoms. The fourth-order valence-electron chi connectivity index (χ4n) is 2.30. The summed E-state index contributed by atoms with van der Waals surface area (Å²) in [7, 11) is 0. The van der Waals surface area contributed by atoms with Gasteiger partial charge in [0, 0.05) is 15.7 Å². The van der Waals surface area contributed by atoms with Crippen molar-refractivity contribution in [1.82, 2.24) is 0 Å². The van der Waals surface area contributed by atoms with Crippen LogP contribution in [0.25, 0.3) is 6.08 Å². The SMILES string of the molecule is CSC(SC)=C(C)C(=O)C1CC1/C=C/c1ccccc1. The molecule has 0 aliphatic heterocycles. The number of hydrogen-bond donors (Lipinski definition) is 0. The highest BCUT2D eigenvalue weighted by Gasteiger charge is 2.41. The highest BCUT2D eigenvalue weighted by Crippen LogP contribution is 2.43. The van der Waals surface area contributed by atoms with Crippen LogP contribution in [0.2, 0.25) is 0 Å². The van der Waals surface area contributed by atoms with Crippen LogP contribution in [0, 0.1) is 11.8 Å². The molecule has 0 saturated heterocycles. The second-order valence-corrected chi connectivity index (χ2v) is 6.85. The summed E-state index contributed by atoms with van der Waals surface area (Å²) in [5.74, 6) is 0.943. The maximum absolute atomic E-state index is 12.4. The Balaban J connectivity index is 1.97. The maximum atomic E-state index is 12.4. The lowest BCUT2D eigenvalue weighted by Gasteiger charge is -2.05. The van der Waals surface area contributed by atoms with Gasteiger partial charge in [-0.3, -0.25) is 4.79 Å². The molecule has 1 fully saturated rings. The van der Waals surface area contributed by atoms with Crippen molar-refractivity contribution in [3.8, 4) is 0 Å². The van der Waals surface area contributed by atoms with Crippen LogP contribution in [0.15, 0.2) is 46.2 Å². The first-order valence-electron chi connectivity index (χ1n) is 6.73. The number of allylic oxidation sites excluding steroid dienone is 2. The van der Waals surface area contributed by atoms with E-state index in [4.69, 9.17) is 0 Å². The Morgan fingerprint density at radius 2 is 1.85 bits per heavy atom. The molecule has 1 nitrogen and oxygen atoms in total. The molecule has 1 aliphatic rings. The van der Waals surface area contributed by atoms with Crippen LogP contribution in [-0.2, 0) is 4.79 Å². The fourth-order valence-corrected chi connectivity index (χ4v) is 3.78. The highest BCUT2D eigenvalue weighted by atomic mass is 32.2. The quantitative estimate of drug-likeness (QED) is 0.698. The third-order valence-electron chi connectivity index (χ3n) is 3.56. The highest BCUT2D eigenvalue weighted by molar-refractivity contribution is 8.21. The summed E-state index contributed by atoms with van der Waals surface area (Å²) in [5, 5.41) is 0. The van der Waals surface area contributed by atoms with E-state index < -0.39 is 0 Å². The van der Waals surface area contributed by atoms with Crippen molar-refractivity contribution in [2.24, 2.45) is 11.8 Å². The molecule has 1 aromatic carbocycles. The van der Waals surface area contributed by atoms with E-state index in [-0.39, 0.29) is 5.92 Å². The summed E-state index contributed by atoms with van der Waals surface area (Å²) in [6, 6.07) is 10.2. The van der Waals surface area contributed by atoms with Crippen molar-refractivity contribution < 1.29 is 4.79 Å². The Labute approximate surface area is 129 Å². The summed E-state index contributed by atoms with van der Waals surface area (Å²) in [6.07, 6.45) is 9.37. The number of thioether (sulfide) groups is 2. The van der Waals surface area contributed by atoms with E-state index in [9.17, 15) is 4.79 Å². The summed E-state index contributed by atoms with van der Waals surface area (Å²) in [4.78, 5) is 12.4. The van der Waals surface area contributed by atoms with E-state index in [2.05, 4.69) is 24.3 Å². The molecular formula is C17H20OS2.